The number of hydrogen-bond acceptors (Lipinski definition) is 5. The van der Waals surface area contributed by atoms with Crippen LogP contribution in [0.3, 0.4) is 0 Å². The molecule has 0 aliphatic carbocycles. The summed E-state index contributed by atoms with van der Waals surface area (Å²) in [6.07, 6.45) is 5.31. The second-order valence-electron chi connectivity index (χ2n) is 4.47. The minimum Gasteiger partial charge on any atom is -0.351 e. The Morgan fingerprint density at radius 1 is 1.33 bits per heavy atom. The SMILES string of the molecule is O=c1[nH]ccc2nc(NC3CCNCC3)ncc12. The van der Waals surface area contributed by atoms with Crippen LogP contribution in [0.1, 0.15) is 12.8 Å². The molecule has 0 spiro atoms. The molecule has 3 rings (SSSR count). The molecule has 18 heavy (non-hydrogen) atoms. The van der Waals surface area contributed by atoms with Gasteiger partial charge in [0.25, 0.3) is 5.56 Å². The van der Waals surface area contributed by atoms with Crippen LogP contribution in [0.4, 0.5) is 5.95 Å². The lowest BCUT2D eigenvalue weighted by molar-refractivity contribution is 0.477. The molecule has 1 aliphatic rings. The number of nitrogens with one attached hydrogen (secondary N) is 3. The molecule has 1 fully saturated rings. The topological polar surface area (TPSA) is 82.7 Å². The molecule has 1 saturated heterocycles. The van der Waals surface area contributed by atoms with Crippen LogP contribution < -0.4 is 16.2 Å². The Bertz CT molecular complexity index is 603. The Hall–Kier alpha value is -1.95. The van der Waals surface area contributed by atoms with E-state index in [1.165, 1.54) is 0 Å². The van der Waals surface area contributed by atoms with Crippen molar-refractivity contribution in [2.45, 2.75) is 18.9 Å². The van der Waals surface area contributed by atoms with Crippen LogP contribution in [0.25, 0.3) is 10.9 Å². The molecule has 6 nitrogen and oxygen atoms in total. The second-order valence-corrected chi connectivity index (χ2v) is 4.47. The average molecular weight is 245 g/mol. The number of aromatic amines is 1. The zero-order valence-corrected chi connectivity index (χ0v) is 9.94. The molecule has 2 aromatic rings. The molecule has 0 unspecified atom stereocenters. The van der Waals surface area contributed by atoms with Crippen molar-refractivity contribution in [1.29, 1.82) is 0 Å². The fourth-order valence-electron chi connectivity index (χ4n) is 2.19. The highest BCUT2D eigenvalue weighted by Gasteiger charge is 2.13. The number of hydrogen-bond donors (Lipinski definition) is 3. The van der Waals surface area contributed by atoms with Crippen molar-refractivity contribution in [1.82, 2.24) is 20.3 Å². The summed E-state index contributed by atoms with van der Waals surface area (Å²) in [6, 6.07) is 2.19. The highest BCUT2D eigenvalue weighted by atomic mass is 16.1. The number of pyridine rings is 1. The van der Waals surface area contributed by atoms with Crippen LogP contribution in [0, 0.1) is 0 Å². The molecule has 0 saturated carbocycles. The van der Waals surface area contributed by atoms with Crippen LogP contribution in [-0.4, -0.2) is 34.1 Å². The Morgan fingerprint density at radius 2 is 2.17 bits per heavy atom. The third kappa shape index (κ3) is 2.19. The lowest BCUT2D eigenvalue weighted by atomic mass is 10.1. The van der Waals surface area contributed by atoms with Gasteiger partial charge in [0.1, 0.15) is 0 Å². The first kappa shape index (κ1) is 11.2. The number of anilines is 1. The number of fused-ring (bicyclic) bond motifs is 1. The third-order valence-electron chi connectivity index (χ3n) is 3.19. The van der Waals surface area contributed by atoms with Gasteiger partial charge in [-0.3, -0.25) is 4.79 Å². The molecule has 1 aliphatic heterocycles. The monoisotopic (exact) mass is 245 g/mol. The smallest absolute Gasteiger partial charge is 0.258 e. The first-order valence-electron chi connectivity index (χ1n) is 6.14. The second kappa shape index (κ2) is 4.73. The van der Waals surface area contributed by atoms with Crippen molar-refractivity contribution in [3.05, 3.63) is 28.8 Å². The Morgan fingerprint density at radius 3 is 3.00 bits per heavy atom. The number of rotatable bonds is 2. The van der Waals surface area contributed by atoms with Gasteiger partial charge in [-0.05, 0) is 32.0 Å². The van der Waals surface area contributed by atoms with E-state index >= 15 is 0 Å². The quantitative estimate of drug-likeness (QED) is 0.717. The normalized spacial score (nSPS) is 16.9. The fourth-order valence-corrected chi connectivity index (χ4v) is 2.19. The molecule has 2 aromatic heterocycles. The maximum absolute atomic E-state index is 11.5. The molecule has 0 amide bonds. The molecule has 0 bridgehead atoms. The van der Waals surface area contributed by atoms with Crippen molar-refractivity contribution < 1.29 is 0 Å². The summed E-state index contributed by atoms with van der Waals surface area (Å²) in [6.45, 7) is 2.04. The number of nitrogens with zero attached hydrogens (tertiary/aromatic N) is 2. The minimum absolute atomic E-state index is 0.152. The van der Waals surface area contributed by atoms with Crippen molar-refractivity contribution in [2.24, 2.45) is 0 Å². The standard InChI is InChI=1S/C12H15N5O/c18-11-9-7-15-12(17-10(9)3-6-14-11)16-8-1-4-13-5-2-8/h3,6-8,13H,1-2,4-5H2,(H,14,18)(H,15,16,17). The molecule has 0 atom stereocenters. The van der Waals surface area contributed by atoms with E-state index in [1.54, 1.807) is 18.5 Å². The average Bonchev–Trinajstić information content (AvgIpc) is 2.40. The van der Waals surface area contributed by atoms with E-state index < -0.39 is 0 Å². The maximum atomic E-state index is 11.5. The van der Waals surface area contributed by atoms with Crippen molar-refractivity contribution in [3.63, 3.8) is 0 Å². The van der Waals surface area contributed by atoms with E-state index in [-0.39, 0.29) is 5.56 Å². The highest BCUT2D eigenvalue weighted by molar-refractivity contribution is 5.77. The van der Waals surface area contributed by atoms with Gasteiger partial charge in [0.05, 0.1) is 10.9 Å². The van der Waals surface area contributed by atoms with E-state index in [1.807, 2.05) is 0 Å². The summed E-state index contributed by atoms with van der Waals surface area (Å²) < 4.78 is 0. The lowest BCUT2D eigenvalue weighted by Gasteiger charge is -2.23. The first-order chi connectivity index (χ1) is 8.83. The summed E-state index contributed by atoms with van der Waals surface area (Å²) in [4.78, 5) is 22.7. The van der Waals surface area contributed by atoms with Crippen LogP contribution in [0.15, 0.2) is 23.3 Å². The van der Waals surface area contributed by atoms with Gasteiger partial charge in [0, 0.05) is 18.4 Å². The summed E-state index contributed by atoms with van der Waals surface area (Å²) in [5, 5.41) is 7.15. The van der Waals surface area contributed by atoms with Crippen LogP contribution in [-0.2, 0) is 0 Å². The van der Waals surface area contributed by atoms with Crippen LogP contribution >= 0.6 is 0 Å². The predicted molar refractivity (Wildman–Crippen MR) is 69.7 cm³/mol. The van der Waals surface area contributed by atoms with Gasteiger partial charge in [-0.1, -0.05) is 0 Å². The molecule has 6 heteroatoms. The fraction of sp³-hybridized carbons (Fsp3) is 0.417. The van der Waals surface area contributed by atoms with Gasteiger partial charge in [-0.25, -0.2) is 9.97 Å². The number of piperidine rings is 1. The lowest BCUT2D eigenvalue weighted by Crippen LogP contribution is -2.35. The van der Waals surface area contributed by atoms with Crippen LogP contribution in [0.5, 0.6) is 0 Å². The van der Waals surface area contributed by atoms with E-state index in [0.717, 1.165) is 25.9 Å². The molecular formula is C12H15N5O. The van der Waals surface area contributed by atoms with Gasteiger partial charge in [0.15, 0.2) is 0 Å². The van der Waals surface area contributed by atoms with Gasteiger partial charge in [0.2, 0.25) is 5.95 Å². The summed E-state index contributed by atoms with van der Waals surface area (Å²) >= 11 is 0. The Kier molecular flexibility index (Phi) is 2.93. The summed E-state index contributed by atoms with van der Waals surface area (Å²) in [5.41, 5.74) is 0.520. The zero-order chi connectivity index (χ0) is 12.4. The maximum Gasteiger partial charge on any atom is 0.258 e. The third-order valence-corrected chi connectivity index (χ3v) is 3.19. The Balaban J connectivity index is 1.86. The zero-order valence-electron chi connectivity index (χ0n) is 9.94. The van der Waals surface area contributed by atoms with Crippen molar-refractivity contribution in [2.75, 3.05) is 18.4 Å². The molecule has 3 N–H and O–H groups in total. The molecule has 0 aromatic carbocycles. The molecular weight excluding hydrogens is 230 g/mol. The first-order valence-corrected chi connectivity index (χ1v) is 6.14. The largest absolute Gasteiger partial charge is 0.351 e. The molecule has 0 radical (unpaired) electrons. The predicted octanol–water partition coefficient (Wildman–Crippen LogP) is 0.482. The van der Waals surface area contributed by atoms with E-state index in [2.05, 4.69) is 25.6 Å². The Labute approximate surface area is 104 Å². The number of H-pyrrole nitrogens is 1. The molecule has 3 heterocycles. The van der Waals surface area contributed by atoms with Crippen LogP contribution in [0.2, 0.25) is 0 Å². The van der Waals surface area contributed by atoms with Gasteiger partial charge >= 0.3 is 0 Å². The minimum atomic E-state index is -0.152. The van der Waals surface area contributed by atoms with Gasteiger partial charge in [-0.2, -0.15) is 0 Å². The van der Waals surface area contributed by atoms with Gasteiger partial charge < -0.3 is 15.6 Å². The highest BCUT2D eigenvalue weighted by Crippen LogP contribution is 2.11. The number of aromatic nitrogens is 3. The summed E-state index contributed by atoms with van der Waals surface area (Å²) in [5.74, 6) is 0.597. The van der Waals surface area contributed by atoms with E-state index in [9.17, 15) is 4.79 Å². The van der Waals surface area contributed by atoms with Gasteiger partial charge in [-0.15, -0.1) is 0 Å². The van der Waals surface area contributed by atoms with E-state index in [4.69, 9.17) is 0 Å². The van der Waals surface area contributed by atoms with Crippen molar-refractivity contribution >= 4 is 16.9 Å². The van der Waals surface area contributed by atoms with E-state index in [0.29, 0.717) is 22.9 Å². The van der Waals surface area contributed by atoms with Crippen molar-refractivity contribution in [3.8, 4) is 0 Å². The summed E-state index contributed by atoms with van der Waals surface area (Å²) in [7, 11) is 0. The molecule has 94 valence electrons.